The number of nitrogens with zero attached hydrogens (tertiary/aromatic N) is 1. The first kappa shape index (κ1) is 14.4. The summed E-state index contributed by atoms with van der Waals surface area (Å²) >= 11 is 1.62. The fourth-order valence-electron chi connectivity index (χ4n) is 1.82. The number of thioether (sulfide) groups is 1. The zero-order valence-corrected chi connectivity index (χ0v) is 12.0. The quantitative estimate of drug-likeness (QED) is 0.845. The summed E-state index contributed by atoms with van der Waals surface area (Å²) in [6, 6.07) is 15.0. The number of aliphatic hydroxyl groups is 1. The van der Waals surface area contributed by atoms with Gasteiger partial charge in [0, 0.05) is 4.90 Å². The van der Waals surface area contributed by atoms with Crippen LogP contribution in [-0.2, 0) is 6.61 Å². The lowest BCUT2D eigenvalue weighted by Gasteiger charge is -2.10. The van der Waals surface area contributed by atoms with Crippen LogP contribution in [0.2, 0.25) is 0 Å². The fraction of sp³-hybridized carbons (Fsp3) is 0.188. The smallest absolute Gasteiger partial charge is 0.146 e. The van der Waals surface area contributed by atoms with Gasteiger partial charge in [-0.25, -0.2) is 0 Å². The highest BCUT2D eigenvalue weighted by Crippen LogP contribution is 2.32. The van der Waals surface area contributed by atoms with Crippen molar-refractivity contribution in [2.75, 3.05) is 5.75 Å². The van der Waals surface area contributed by atoms with E-state index in [0.29, 0.717) is 17.1 Å². The molecule has 0 aliphatic rings. The van der Waals surface area contributed by atoms with Crippen molar-refractivity contribution >= 4 is 11.8 Å². The number of nitriles is 1. The highest BCUT2D eigenvalue weighted by Gasteiger charge is 2.10. The molecule has 2 aromatic carbocycles. The van der Waals surface area contributed by atoms with Gasteiger partial charge in [-0.1, -0.05) is 25.1 Å². The highest BCUT2D eigenvalue weighted by molar-refractivity contribution is 7.99. The first-order chi connectivity index (χ1) is 9.78. The van der Waals surface area contributed by atoms with E-state index in [1.807, 2.05) is 31.2 Å². The van der Waals surface area contributed by atoms with Crippen LogP contribution in [-0.4, -0.2) is 10.9 Å². The molecule has 0 radical (unpaired) electrons. The average Bonchev–Trinajstić information content (AvgIpc) is 2.48. The number of benzene rings is 2. The van der Waals surface area contributed by atoms with Crippen molar-refractivity contribution in [2.45, 2.75) is 18.4 Å². The number of rotatable bonds is 5. The molecule has 2 rings (SSSR count). The van der Waals surface area contributed by atoms with Gasteiger partial charge in [0.1, 0.15) is 23.1 Å². The summed E-state index contributed by atoms with van der Waals surface area (Å²) < 4.78 is 5.78. The Labute approximate surface area is 122 Å². The molecule has 0 heterocycles. The second kappa shape index (κ2) is 6.99. The minimum atomic E-state index is -0.0337. The SMILES string of the molecule is CCSc1cccc(Oc2cccc(CO)c2)c1C#N. The maximum Gasteiger partial charge on any atom is 0.146 e. The van der Waals surface area contributed by atoms with Gasteiger partial charge >= 0.3 is 0 Å². The Morgan fingerprint density at radius 2 is 2.05 bits per heavy atom. The molecule has 0 amide bonds. The maximum absolute atomic E-state index is 9.32. The van der Waals surface area contributed by atoms with Gasteiger partial charge in [0.25, 0.3) is 0 Å². The molecular weight excluding hydrogens is 270 g/mol. The van der Waals surface area contributed by atoms with E-state index in [-0.39, 0.29) is 6.61 Å². The third-order valence-corrected chi connectivity index (χ3v) is 3.65. The molecule has 0 spiro atoms. The lowest BCUT2D eigenvalue weighted by Crippen LogP contribution is -1.92. The van der Waals surface area contributed by atoms with Crippen molar-refractivity contribution in [3.8, 4) is 17.6 Å². The average molecular weight is 285 g/mol. The van der Waals surface area contributed by atoms with Crippen molar-refractivity contribution in [3.05, 3.63) is 53.6 Å². The van der Waals surface area contributed by atoms with E-state index in [4.69, 9.17) is 9.84 Å². The number of aliphatic hydroxyl groups excluding tert-OH is 1. The van der Waals surface area contributed by atoms with E-state index < -0.39 is 0 Å². The zero-order valence-electron chi connectivity index (χ0n) is 11.2. The molecule has 0 atom stereocenters. The maximum atomic E-state index is 9.32. The normalized spacial score (nSPS) is 10.1. The van der Waals surface area contributed by atoms with Gasteiger partial charge in [-0.2, -0.15) is 5.26 Å². The molecule has 1 N–H and O–H groups in total. The molecule has 0 saturated carbocycles. The number of ether oxygens (including phenoxy) is 1. The monoisotopic (exact) mass is 285 g/mol. The largest absolute Gasteiger partial charge is 0.456 e. The van der Waals surface area contributed by atoms with Gasteiger partial charge in [-0.3, -0.25) is 0 Å². The van der Waals surface area contributed by atoms with Crippen molar-refractivity contribution in [1.29, 1.82) is 5.26 Å². The predicted octanol–water partition coefficient (Wildman–Crippen LogP) is 3.95. The van der Waals surface area contributed by atoms with E-state index in [9.17, 15) is 5.26 Å². The van der Waals surface area contributed by atoms with E-state index >= 15 is 0 Å². The van der Waals surface area contributed by atoms with E-state index in [1.165, 1.54) is 0 Å². The topological polar surface area (TPSA) is 53.2 Å². The summed E-state index contributed by atoms with van der Waals surface area (Å²) in [5.41, 5.74) is 1.33. The Kier molecular flexibility index (Phi) is 5.05. The van der Waals surface area contributed by atoms with Gasteiger partial charge in [0.2, 0.25) is 0 Å². The van der Waals surface area contributed by atoms with Gasteiger partial charge in [-0.15, -0.1) is 11.8 Å². The third-order valence-electron chi connectivity index (χ3n) is 2.71. The molecule has 102 valence electrons. The van der Waals surface area contributed by atoms with E-state index in [1.54, 1.807) is 30.0 Å². The molecular formula is C16H15NO2S. The lowest BCUT2D eigenvalue weighted by molar-refractivity contribution is 0.281. The minimum absolute atomic E-state index is 0.0337. The molecule has 0 bridgehead atoms. The standard InChI is InChI=1S/C16H15NO2S/c1-2-20-16-8-4-7-15(14(16)10-17)19-13-6-3-5-12(9-13)11-18/h3-9,18H,2,11H2,1H3. The van der Waals surface area contributed by atoms with Crippen LogP contribution in [0.5, 0.6) is 11.5 Å². The van der Waals surface area contributed by atoms with Crippen molar-refractivity contribution < 1.29 is 9.84 Å². The number of hydrogen-bond acceptors (Lipinski definition) is 4. The van der Waals surface area contributed by atoms with Crippen LogP contribution in [0.3, 0.4) is 0 Å². The van der Waals surface area contributed by atoms with Crippen LogP contribution >= 0.6 is 11.8 Å². The summed E-state index contributed by atoms with van der Waals surface area (Å²) in [6.45, 7) is 2.01. The summed E-state index contributed by atoms with van der Waals surface area (Å²) in [5, 5.41) is 18.5. The highest BCUT2D eigenvalue weighted by atomic mass is 32.2. The molecule has 0 aliphatic heterocycles. The van der Waals surface area contributed by atoms with Gasteiger partial charge < -0.3 is 9.84 Å². The molecule has 0 aliphatic carbocycles. The van der Waals surface area contributed by atoms with Crippen LogP contribution in [0.4, 0.5) is 0 Å². The van der Waals surface area contributed by atoms with Gasteiger partial charge in [-0.05, 0) is 35.6 Å². The second-order valence-electron chi connectivity index (χ2n) is 4.08. The number of hydrogen-bond donors (Lipinski definition) is 1. The second-order valence-corrected chi connectivity index (χ2v) is 5.39. The fourth-order valence-corrected chi connectivity index (χ4v) is 2.59. The minimum Gasteiger partial charge on any atom is -0.456 e. The van der Waals surface area contributed by atoms with E-state index in [2.05, 4.69) is 6.07 Å². The Bertz CT molecular complexity index is 635. The molecule has 0 fully saturated rings. The summed E-state index contributed by atoms with van der Waals surface area (Å²) in [4.78, 5) is 0.922. The van der Waals surface area contributed by atoms with Gasteiger partial charge in [0.05, 0.1) is 6.61 Å². The van der Waals surface area contributed by atoms with Crippen LogP contribution < -0.4 is 4.74 Å². The summed E-state index contributed by atoms with van der Waals surface area (Å²) in [7, 11) is 0. The molecule has 0 saturated heterocycles. The summed E-state index contributed by atoms with van der Waals surface area (Å²) in [6.07, 6.45) is 0. The molecule has 0 aromatic heterocycles. The molecule has 0 unspecified atom stereocenters. The van der Waals surface area contributed by atoms with Crippen LogP contribution in [0, 0.1) is 11.3 Å². The molecule has 20 heavy (non-hydrogen) atoms. The van der Waals surface area contributed by atoms with Gasteiger partial charge in [0.15, 0.2) is 0 Å². The molecule has 2 aromatic rings. The Balaban J connectivity index is 2.33. The van der Waals surface area contributed by atoms with Crippen molar-refractivity contribution in [2.24, 2.45) is 0 Å². The first-order valence-electron chi connectivity index (χ1n) is 6.32. The Hall–Kier alpha value is -1.96. The zero-order chi connectivity index (χ0) is 14.4. The van der Waals surface area contributed by atoms with E-state index in [0.717, 1.165) is 16.2 Å². The lowest BCUT2D eigenvalue weighted by atomic mass is 10.2. The third kappa shape index (κ3) is 3.32. The summed E-state index contributed by atoms with van der Waals surface area (Å²) in [5.74, 6) is 2.06. The van der Waals surface area contributed by atoms with Crippen LogP contribution in [0.1, 0.15) is 18.1 Å². The van der Waals surface area contributed by atoms with Crippen LogP contribution in [0.25, 0.3) is 0 Å². The molecule has 3 nitrogen and oxygen atoms in total. The van der Waals surface area contributed by atoms with Crippen LogP contribution in [0.15, 0.2) is 47.4 Å². The Morgan fingerprint density at radius 3 is 2.75 bits per heavy atom. The van der Waals surface area contributed by atoms with Crippen molar-refractivity contribution in [1.82, 2.24) is 0 Å². The van der Waals surface area contributed by atoms with Crippen molar-refractivity contribution in [3.63, 3.8) is 0 Å². The predicted molar refractivity (Wildman–Crippen MR) is 80.0 cm³/mol. The Morgan fingerprint density at radius 1 is 1.25 bits per heavy atom. The molecule has 4 heteroatoms. The first-order valence-corrected chi connectivity index (χ1v) is 7.30.